The van der Waals surface area contributed by atoms with Gasteiger partial charge in [-0.25, -0.2) is 18.1 Å². The zero-order chi connectivity index (χ0) is 15.3. The van der Waals surface area contributed by atoms with Crippen LogP contribution in [-0.4, -0.2) is 37.2 Å². The van der Waals surface area contributed by atoms with Gasteiger partial charge in [-0.05, 0) is 31.2 Å². The first-order chi connectivity index (χ1) is 10.0. The van der Waals surface area contributed by atoms with Crippen molar-refractivity contribution < 1.29 is 8.42 Å². The van der Waals surface area contributed by atoms with Crippen molar-refractivity contribution in [1.82, 2.24) is 25.2 Å². The second-order valence-corrected chi connectivity index (χ2v) is 6.45. The first kappa shape index (κ1) is 15.6. The van der Waals surface area contributed by atoms with Crippen LogP contribution in [0.25, 0.3) is 0 Å². The molecule has 0 saturated carbocycles. The number of aromatic amines is 1. The molecule has 0 fully saturated rings. The summed E-state index contributed by atoms with van der Waals surface area (Å²) in [6.07, 6.45) is 1.86. The summed E-state index contributed by atoms with van der Waals surface area (Å²) in [6, 6.07) is 5.43. The molecular weight excluding hydrogens is 290 g/mol. The molecule has 1 aromatic heterocycles. The van der Waals surface area contributed by atoms with Gasteiger partial charge in [-0.15, -0.1) is 0 Å². The Labute approximate surface area is 124 Å². The average Bonchev–Trinajstić information content (AvgIpc) is 2.94. The lowest BCUT2D eigenvalue weighted by atomic mass is 10.1. The fourth-order valence-electron chi connectivity index (χ4n) is 1.98. The van der Waals surface area contributed by atoms with Gasteiger partial charge in [0.1, 0.15) is 12.2 Å². The summed E-state index contributed by atoms with van der Waals surface area (Å²) in [6.45, 7) is 2.68. The third-order valence-electron chi connectivity index (χ3n) is 3.04. The molecular formula is C13H19N5O2S. The summed E-state index contributed by atoms with van der Waals surface area (Å²) in [4.78, 5) is 4.27. The number of benzene rings is 1. The molecule has 7 nitrogen and oxygen atoms in total. The van der Waals surface area contributed by atoms with Crippen LogP contribution in [0.3, 0.4) is 0 Å². The molecule has 0 amide bonds. The number of hydrogen-bond donors (Lipinski definition) is 3. The molecule has 8 heteroatoms. The van der Waals surface area contributed by atoms with E-state index in [1.54, 1.807) is 13.0 Å². The SMILES string of the molecule is CNCc1ccc(C)c(S(=O)(=O)NCCc2ncn[nH]2)c1. The molecule has 0 saturated heterocycles. The lowest BCUT2D eigenvalue weighted by Gasteiger charge is -2.11. The van der Waals surface area contributed by atoms with Crippen molar-refractivity contribution in [3.8, 4) is 0 Å². The minimum Gasteiger partial charge on any atom is -0.316 e. The molecule has 21 heavy (non-hydrogen) atoms. The van der Waals surface area contributed by atoms with Crippen LogP contribution in [0.4, 0.5) is 0 Å². The van der Waals surface area contributed by atoms with Crippen LogP contribution in [-0.2, 0) is 23.0 Å². The maximum absolute atomic E-state index is 12.4. The van der Waals surface area contributed by atoms with Crippen LogP contribution in [0.15, 0.2) is 29.4 Å². The third-order valence-corrected chi connectivity index (χ3v) is 4.64. The largest absolute Gasteiger partial charge is 0.316 e. The maximum Gasteiger partial charge on any atom is 0.240 e. The van der Waals surface area contributed by atoms with Gasteiger partial charge in [0.2, 0.25) is 10.0 Å². The number of aryl methyl sites for hydroxylation is 1. The number of H-pyrrole nitrogens is 1. The van der Waals surface area contributed by atoms with E-state index in [0.29, 0.717) is 23.7 Å². The Kier molecular flexibility index (Phi) is 5.05. The minimum atomic E-state index is -3.52. The Hall–Kier alpha value is -1.77. The zero-order valence-electron chi connectivity index (χ0n) is 12.0. The number of aromatic nitrogens is 3. The van der Waals surface area contributed by atoms with E-state index in [2.05, 4.69) is 25.2 Å². The summed E-state index contributed by atoms with van der Waals surface area (Å²) in [5.74, 6) is 0.651. The molecule has 0 atom stereocenters. The van der Waals surface area contributed by atoms with E-state index in [1.807, 2.05) is 19.2 Å². The number of rotatable bonds is 7. The van der Waals surface area contributed by atoms with Gasteiger partial charge in [0.15, 0.2) is 0 Å². The average molecular weight is 309 g/mol. The number of nitrogens with zero attached hydrogens (tertiary/aromatic N) is 2. The molecule has 0 bridgehead atoms. The van der Waals surface area contributed by atoms with Crippen LogP contribution < -0.4 is 10.0 Å². The third kappa shape index (κ3) is 4.10. The van der Waals surface area contributed by atoms with E-state index < -0.39 is 10.0 Å². The lowest BCUT2D eigenvalue weighted by molar-refractivity contribution is 0.580. The summed E-state index contributed by atoms with van der Waals surface area (Å²) < 4.78 is 27.3. The van der Waals surface area contributed by atoms with Crippen molar-refractivity contribution >= 4 is 10.0 Å². The Balaban J connectivity index is 2.09. The first-order valence-electron chi connectivity index (χ1n) is 6.61. The highest BCUT2D eigenvalue weighted by atomic mass is 32.2. The predicted molar refractivity (Wildman–Crippen MR) is 79.2 cm³/mol. The molecule has 0 spiro atoms. The summed E-state index contributed by atoms with van der Waals surface area (Å²) in [5, 5.41) is 9.43. The highest BCUT2D eigenvalue weighted by molar-refractivity contribution is 7.89. The smallest absolute Gasteiger partial charge is 0.240 e. The quantitative estimate of drug-likeness (QED) is 0.685. The van der Waals surface area contributed by atoms with Gasteiger partial charge >= 0.3 is 0 Å². The molecule has 2 aromatic rings. The number of hydrogen-bond acceptors (Lipinski definition) is 5. The number of sulfonamides is 1. The first-order valence-corrected chi connectivity index (χ1v) is 8.09. The summed E-state index contributed by atoms with van der Waals surface area (Å²) >= 11 is 0. The standard InChI is InChI=1S/C13H19N5O2S/c1-10-3-4-11(8-14-2)7-12(10)21(19,20)17-6-5-13-15-9-16-18-13/h3-4,7,9,14,17H,5-6,8H2,1-2H3,(H,15,16,18). The highest BCUT2D eigenvalue weighted by Crippen LogP contribution is 2.17. The van der Waals surface area contributed by atoms with E-state index >= 15 is 0 Å². The van der Waals surface area contributed by atoms with Crippen molar-refractivity contribution in [3.63, 3.8) is 0 Å². The van der Waals surface area contributed by atoms with Crippen LogP contribution in [0.5, 0.6) is 0 Å². The van der Waals surface area contributed by atoms with E-state index in [4.69, 9.17) is 0 Å². The summed E-state index contributed by atoms with van der Waals surface area (Å²) in [7, 11) is -1.70. The van der Waals surface area contributed by atoms with Gasteiger partial charge in [0, 0.05) is 19.5 Å². The predicted octanol–water partition coefficient (Wildman–Crippen LogP) is 0.354. The second kappa shape index (κ2) is 6.79. The molecule has 0 aliphatic heterocycles. The normalized spacial score (nSPS) is 11.7. The van der Waals surface area contributed by atoms with Crippen molar-refractivity contribution in [3.05, 3.63) is 41.5 Å². The minimum absolute atomic E-state index is 0.271. The van der Waals surface area contributed by atoms with Crippen LogP contribution in [0.2, 0.25) is 0 Å². The molecule has 0 unspecified atom stereocenters. The molecule has 0 aliphatic carbocycles. The topological polar surface area (TPSA) is 99.8 Å². The Morgan fingerprint density at radius 3 is 2.81 bits per heavy atom. The molecule has 0 aliphatic rings. The monoisotopic (exact) mass is 309 g/mol. The molecule has 114 valence electrons. The van der Waals surface area contributed by atoms with Crippen molar-refractivity contribution in [2.45, 2.75) is 24.8 Å². The van der Waals surface area contributed by atoms with Gasteiger partial charge in [-0.3, -0.25) is 5.10 Å². The van der Waals surface area contributed by atoms with Gasteiger partial charge in [0.05, 0.1) is 4.90 Å². The van der Waals surface area contributed by atoms with Crippen LogP contribution in [0.1, 0.15) is 17.0 Å². The fourth-order valence-corrected chi connectivity index (χ4v) is 3.31. The highest BCUT2D eigenvalue weighted by Gasteiger charge is 2.17. The Morgan fingerprint density at radius 1 is 1.33 bits per heavy atom. The lowest BCUT2D eigenvalue weighted by Crippen LogP contribution is -2.27. The van der Waals surface area contributed by atoms with Crippen molar-refractivity contribution in [2.75, 3.05) is 13.6 Å². The van der Waals surface area contributed by atoms with Gasteiger partial charge in [-0.2, -0.15) is 5.10 Å². The maximum atomic E-state index is 12.4. The molecule has 1 heterocycles. The Morgan fingerprint density at radius 2 is 2.14 bits per heavy atom. The van der Waals surface area contributed by atoms with Crippen LogP contribution >= 0.6 is 0 Å². The van der Waals surface area contributed by atoms with Gasteiger partial charge < -0.3 is 5.32 Å². The van der Waals surface area contributed by atoms with Crippen molar-refractivity contribution in [2.24, 2.45) is 0 Å². The van der Waals surface area contributed by atoms with E-state index in [0.717, 1.165) is 11.1 Å². The molecule has 2 rings (SSSR count). The Bertz CT molecular complexity index is 683. The second-order valence-electron chi connectivity index (χ2n) is 4.71. The molecule has 0 radical (unpaired) electrons. The van der Waals surface area contributed by atoms with Crippen LogP contribution in [0, 0.1) is 6.92 Å². The van der Waals surface area contributed by atoms with Crippen molar-refractivity contribution in [1.29, 1.82) is 0 Å². The number of nitrogens with one attached hydrogen (secondary N) is 3. The molecule has 3 N–H and O–H groups in total. The van der Waals surface area contributed by atoms with E-state index in [9.17, 15) is 8.42 Å². The zero-order valence-corrected chi connectivity index (χ0v) is 12.9. The van der Waals surface area contributed by atoms with E-state index in [1.165, 1.54) is 6.33 Å². The van der Waals surface area contributed by atoms with Gasteiger partial charge in [0.25, 0.3) is 0 Å². The van der Waals surface area contributed by atoms with E-state index in [-0.39, 0.29) is 6.54 Å². The molecule has 1 aromatic carbocycles. The van der Waals surface area contributed by atoms with Gasteiger partial charge in [-0.1, -0.05) is 12.1 Å². The summed E-state index contributed by atoms with van der Waals surface area (Å²) in [5.41, 5.74) is 1.65. The fraction of sp³-hybridized carbons (Fsp3) is 0.385.